The summed E-state index contributed by atoms with van der Waals surface area (Å²) in [6, 6.07) is 4.71. The van der Waals surface area contributed by atoms with Crippen LogP contribution in [0.25, 0.3) is 0 Å². The van der Waals surface area contributed by atoms with E-state index in [0.29, 0.717) is 16.0 Å². The van der Waals surface area contributed by atoms with Gasteiger partial charge in [0.2, 0.25) is 0 Å². The normalized spacial score (nSPS) is 9.00. The molecule has 0 saturated heterocycles. The van der Waals surface area contributed by atoms with Crippen molar-refractivity contribution in [1.82, 2.24) is 0 Å². The van der Waals surface area contributed by atoms with Crippen molar-refractivity contribution in [3.63, 3.8) is 0 Å². The maximum absolute atomic E-state index is 11.2. The quantitative estimate of drug-likeness (QED) is 0.365. The Hall–Kier alpha value is -0.290. The van der Waals surface area contributed by atoms with Crippen molar-refractivity contribution in [3.05, 3.63) is 29.3 Å². The van der Waals surface area contributed by atoms with E-state index in [1.807, 2.05) is 0 Å². The van der Waals surface area contributed by atoms with E-state index >= 15 is 0 Å². The van der Waals surface area contributed by atoms with Gasteiger partial charge in [-0.05, 0) is 19.1 Å². The van der Waals surface area contributed by atoms with E-state index in [-0.39, 0.29) is 35.3 Å². The molecule has 0 fully saturated rings. The zero-order valence-electron chi connectivity index (χ0n) is 8.90. The summed E-state index contributed by atoms with van der Waals surface area (Å²) in [5.74, 6) is -0.582. The van der Waals surface area contributed by atoms with Crippen LogP contribution < -0.4 is 0 Å². The average Bonchev–Trinajstić information content (AvgIpc) is 2.17. The van der Waals surface area contributed by atoms with Crippen LogP contribution >= 0.6 is 12.6 Å². The monoisotopic (exact) mass is 233 g/mol. The summed E-state index contributed by atoms with van der Waals surface area (Å²) in [6.07, 6.45) is 0. The number of thiol groups is 1. The van der Waals surface area contributed by atoms with Crippen molar-refractivity contribution >= 4 is 53.9 Å². The first kappa shape index (κ1) is 14.7. The van der Waals surface area contributed by atoms with Gasteiger partial charge in [-0.1, -0.05) is 6.07 Å². The first-order valence-electron chi connectivity index (χ1n) is 3.98. The smallest absolute Gasteiger partial charge is 0.339 e. The van der Waals surface area contributed by atoms with Gasteiger partial charge in [0, 0.05) is 40.0 Å². The summed E-state index contributed by atoms with van der Waals surface area (Å²) in [7, 11) is 1.29. The molecule has 0 spiro atoms. The Morgan fingerprint density at radius 2 is 1.93 bits per heavy atom. The molecule has 1 aromatic carbocycles. The summed E-state index contributed by atoms with van der Waals surface area (Å²) in [5.41, 5.74) is 0.784. The van der Waals surface area contributed by atoms with Crippen molar-refractivity contribution in [2.45, 2.75) is 11.8 Å². The molecule has 0 bridgehead atoms. The predicted molar refractivity (Wildman–Crippen MR) is 60.8 cm³/mol. The largest absolute Gasteiger partial charge is 0.465 e. The minimum absolute atomic E-state index is 0. The van der Waals surface area contributed by atoms with Crippen LogP contribution in [-0.4, -0.2) is 48.4 Å². The number of ether oxygens (including phenoxy) is 1. The molecule has 0 aliphatic carbocycles. The topological polar surface area (TPSA) is 43.4 Å². The third-order valence-electron chi connectivity index (χ3n) is 1.81. The second-order valence-corrected chi connectivity index (χ2v) is 3.26. The Labute approximate surface area is 116 Å². The van der Waals surface area contributed by atoms with Gasteiger partial charge in [-0.3, -0.25) is 4.79 Å². The Balaban J connectivity index is 0.00000196. The summed E-state index contributed by atoms with van der Waals surface area (Å²) >= 11 is 4.09. The van der Waals surface area contributed by atoms with Gasteiger partial charge in [0.15, 0.2) is 5.78 Å². The van der Waals surface area contributed by atoms with E-state index in [1.54, 1.807) is 12.1 Å². The number of hydrogen-bond acceptors (Lipinski definition) is 4. The summed E-state index contributed by atoms with van der Waals surface area (Å²) in [5, 5.41) is 0. The molecular weight excluding hydrogens is 223 g/mol. The molecule has 75 valence electrons. The molecule has 0 aliphatic rings. The standard InChI is InChI=1S/C10H10O3S.Na/c1-6(11)7-3-4-9(14)8(5-7)10(12)13-2;/h3-5,14H,1-2H3;. The van der Waals surface area contributed by atoms with E-state index < -0.39 is 5.97 Å². The van der Waals surface area contributed by atoms with Crippen LogP contribution in [0.15, 0.2) is 23.1 Å². The van der Waals surface area contributed by atoms with Gasteiger partial charge in [0.1, 0.15) is 0 Å². The number of carbonyl (C=O) groups is 2. The van der Waals surface area contributed by atoms with Crippen LogP contribution in [0, 0.1) is 0 Å². The summed E-state index contributed by atoms with van der Waals surface area (Å²) in [6.45, 7) is 1.44. The van der Waals surface area contributed by atoms with Crippen molar-refractivity contribution in [3.8, 4) is 0 Å². The molecule has 1 rings (SSSR count). The number of rotatable bonds is 2. The molecule has 0 unspecified atom stereocenters. The van der Waals surface area contributed by atoms with E-state index in [9.17, 15) is 9.59 Å². The van der Waals surface area contributed by atoms with Crippen LogP contribution in [0.3, 0.4) is 0 Å². The summed E-state index contributed by atoms with van der Waals surface area (Å²) < 4.78 is 4.55. The van der Waals surface area contributed by atoms with Crippen molar-refractivity contribution in [2.75, 3.05) is 7.11 Å². The SMILES string of the molecule is COC(=O)c1cc(C(C)=O)ccc1S.[Na]. The number of methoxy groups -OCH3 is 1. The van der Waals surface area contributed by atoms with E-state index in [4.69, 9.17) is 0 Å². The van der Waals surface area contributed by atoms with Gasteiger partial charge in [0.25, 0.3) is 0 Å². The third-order valence-corrected chi connectivity index (χ3v) is 2.20. The second kappa shape index (κ2) is 6.33. The summed E-state index contributed by atoms with van der Waals surface area (Å²) in [4.78, 5) is 22.8. The minimum Gasteiger partial charge on any atom is -0.465 e. The van der Waals surface area contributed by atoms with Gasteiger partial charge in [-0.15, -0.1) is 12.6 Å². The minimum atomic E-state index is -0.488. The molecule has 0 saturated carbocycles. The predicted octanol–water partition coefficient (Wildman–Crippen LogP) is 1.58. The second-order valence-electron chi connectivity index (χ2n) is 2.78. The Kier molecular flexibility index (Phi) is 6.20. The third kappa shape index (κ3) is 3.65. The van der Waals surface area contributed by atoms with Gasteiger partial charge in [-0.2, -0.15) is 0 Å². The number of hydrogen-bond donors (Lipinski definition) is 1. The number of Topliss-reactive ketones (excluding diaryl/α,β-unsaturated/α-hetero) is 1. The number of benzene rings is 1. The van der Waals surface area contributed by atoms with Crippen molar-refractivity contribution in [1.29, 1.82) is 0 Å². The Morgan fingerprint density at radius 1 is 1.33 bits per heavy atom. The molecule has 0 heterocycles. The molecule has 0 aromatic heterocycles. The van der Waals surface area contributed by atoms with Crippen LogP contribution in [0.4, 0.5) is 0 Å². The molecule has 1 aromatic rings. The number of carbonyl (C=O) groups excluding carboxylic acids is 2. The molecule has 15 heavy (non-hydrogen) atoms. The Morgan fingerprint density at radius 3 is 2.40 bits per heavy atom. The van der Waals surface area contributed by atoms with Crippen LogP contribution in [0.1, 0.15) is 27.6 Å². The molecule has 0 N–H and O–H groups in total. The fraction of sp³-hybridized carbons (Fsp3) is 0.200. The zero-order chi connectivity index (χ0) is 10.7. The van der Waals surface area contributed by atoms with Crippen LogP contribution in [0.5, 0.6) is 0 Å². The zero-order valence-corrected chi connectivity index (χ0v) is 11.8. The number of ketones is 1. The fourth-order valence-electron chi connectivity index (χ4n) is 1.03. The molecule has 3 nitrogen and oxygen atoms in total. The van der Waals surface area contributed by atoms with E-state index in [2.05, 4.69) is 17.4 Å². The maximum atomic E-state index is 11.2. The van der Waals surface area contributed by atoms with E-state index in [0.717, 1.165) is 0 Å². The molecule has 0 aliphatic heterocycles. The molecule has 1 radical (unpaired) electrons. The molecule has 0 atom stereocenters. The number of esters is 1. The van der Waals surface area contributed by atoms with Gasteiger partial charge in [0.05, 0.1) is 12.7 Å². The van der Waals surface area contributed by atoms with Gasteiger partial charge < -0.3 is 4.74 Å². The molecule has 0 amide bonds. The maximum Gasteiger partial charge on any atom is 0.339 e. The Bertz CT molecular complexity index is 390. The first-order valence-corrected chi connectivity index (χ1v) is 4.43. The first-order chi connectivity index (χ1) is 6.56. The van der Waals surface area contributed by atoms with Crippen molar-refractivity contribution in [2.24, 2.45) is 0 Å². The van der Waals surface area contributed by atoms with Crippen LogP contribution in [0.2, 0.25) is 0 Å². The van der Waals surface area contributed by atoms with Crippen molar-refractivity contribution < 1.29 is 14.3 Å². The molecule has 5 heteroatoms. The average molecular weight is 233 g/mol. The van der Waals surface area contributed by atoms with Gasteiger partial charge in [-0.25, -0.2) is 4.79 Å². The van der Waals surface area contributed by atoms with Crippen LogP contribution in [-0.2, 0) is 4.74 Å². The fourth-order valence-corrected chi connectivity index (χ4v) is 1.26. The van der Waals surface area contributed by atoms with E-state index in [1.165, 1.54) is 20.1 Å². The van der Waals surface area contributed by atoms with Gasteiger partial charge >= 0.3 is 5.97 Å². The molecular formula is C10H10NaO3S.